The first kappa shape index (κ1) is 17.4. The molecule has 6 heteroatoms. The van der Waals surface area contributed by atoms with E-state index in [4.69, 9.17) is 14.2 Å². The van der Waals surface area contributed by atoms with Crippen LogP contribution in [0.25, 0.3) is 0 Å². The van der Waals surface area contributed by atoms with Crippen LogP contribution < -0.4 is 4.74 Å². The first-order chi connectivity index (χ1) is 11.9. The molecule has 0 aliphatic carbocycles. The molecule has 0 spiro atoms. The van der Waals surface area contributed by atoms with Crippen LogP contribution in [0.5, 0.6) is 5.75 Å². The van der Waals surface area contributed by atoms with Crippen molar-refractivity contribution in [2.75, 3.05) is 7.11 Å². The van der Waals surface area contributed by atoms with E-state index >= 15 is 0 Å². The lowest BCUT2D eigenvalue weighted by atomic mass is 9.94. The van der Waals surface area contributed by atoms with Gasteiger partial charge in [-0.2, -0.15) is 0 Å². The van der Waals surface area contributed by atoms with Gasteiger partial charge in [-0.05, 0) is 56.7 Å². The van der Waals surface area contributed by atoms with Gasteiger partial charge in [-0.1, -0.05) is 0 Å². The second kappa shape index (κ2) is 6.82. The van der Waals surface area contributed by atoms with Crippen molar-refractivity contribution in [1.29, 1.82) is 0 Å². The van der Waals surface area contributed by atoms with Gasteiger partial charge < -0.3 is 14.2 Å². The summed E-state index contributed by atoms with van der Waals surface area (Å²) in [7, 11) is 1.61. The van der Waals surface area contributed by atoms with E-state index < -0.39 is 10.7 Å². The summed E-state index contributed by atoms with van der Waals surface area (Å²) in [6, 6.07) is 13.8. The maximum absolute atomic E-state index is 10.9. The van der Waals surface area contributed by atoms with Crippen LogP contribution in [0.3, 0.4) is 0 Å². The number of nitrogens with zero attached hydrogens (tertiary/aromatic N) is 1. The summed E-state index contributed by atoms with van der Waals surface area (Å²) >= 11 is 0. The van der Waals surface area contributed by atoms with E-state index in [0.29, 0.717) is 0 Å². The number of ether oxygens (including phenoxy) is 3. The Bertz CT molecular complexity index is 731. The molecular weight excluding hydrogens is 322 g/mol. The Hall–Kier alpha value is -2.44. The minimum absolute atomic E-state index is 0.0129. The molecule has 132 valence electrons. The van der Waals surface area contributed by atoms with Crippen molar-refractivity contribution in [3.05, 3.63) is 69.8 Å². The fourth-order valence-corrected chi connectivity index (χ4v) is 3.21. The smallest absolute Gasteiger partial charge is 0.269 e. The molecule has 0 saturated carbocycles. The SMILES string of the molecule is COc1ccc(C2(c3ccc([N+](=O)[O-])cc3)O[C@H](C)C[C@H](C)O2)cc1. The Morgan fingerprint density at radius 1 is 1.00 bits per heavy atom. The summed E-state index contributed by atoms with van der Waals surface area (Å²) in [6.07, 6.45) is 0.757. The average Bonchev–Trinajstić information content (AvgIpc) is 2.61. The summed E-state index contributed by atoms with van der Waals surface area (Å²) in [5.41, 5.74) is 1.58. The number of non-ortho nitro benzene ring substituents is 1. The van der Waals surface area contributed by atoms with Crippen LogP contribution >= 0.6 is 0 Å². The van der Waals surface area contributed by atoms with Crippen molar-refractivity contribution in [1.82, 2.24) is 0 Å². The van der Waals surface area contributed by atoms with E-state index in [1.807, 2.05) is 38.1 Å². The number of rotatable bonds is 4. The van der Waals surface area contributed by atoms with Gasteiger partial charge in [0, 0.05) is 23.3 Å². The number of hydrogen-bond donors (Lipinski definition) is 0. The molecule has 1 fully saturated rings. The van der Waals surface area contributed by atoms with Crippen LogP contribution in [0.15, 0.2) is 48.5 Å². The largest absolute Gasteiger partial charge is 0.497 e. The van der Waals surface area contributed by atoms with Crippen LogP contribution in [0.2, 0.25) is 0 Å². The Kier molecular flexibility index (Phi) is 4.74. The first-order valence-corrected chi connectivity index (χ1v) is 8.19. The highest BCUT2D eigenvalue weighted by molar-refractivity contribution is 5.41. The summed E-state index contributed by atoms with van der Waals surface area (Å²) < 4.78 is 17.7. The summed E-state index contributed by atoms with van der Waals surface area (Å²) in [6.45, 7) is 4.01. The highest BCUT2D eigenvalue weighted by atomic mass is 16.7. The molecule has 2 aromatic rings. The van der Waals surface area contributed by atoms with Crippen LogP contribution in [0, 0.1) is 10.1 Å². The normalized spacial score (nSPS) is 26.2. The summed E-state index contributed by atoms with van der Waals surface area (Å²) in [4.78, 5) is 10.5. The highest BCUT2D eigenvalue weighted by Crippen LogP contribution is 2.42. The quantitative estimate of drug-likeness (QED) is 0.619. The zero-order valence-corrected chi connectivity index (χ0v) is 14.5. The van der Waals surface area contributed by atoms with E-state index in [2.05, 4.69) is 0 Å². The topological polar surface area (TPSA) is 70.8 Å². The monoisotopic (exact) mass is 343 g/mol. The van der Waals surface area contributed by atoms with Crippen LogP contribution in [0.4, 0.5) is 5.69 Å². The lowest BCUT2D eigenvalue weighted by molar-refractivity contribution is -0.384. The third-order valence-electron chi connectivity index (χ3n) is 4.33. The van der Waals surface area contributed by atoms with Crippen molar-refractivity contribution >= 4 is 5.69 Å². The van der Waals surface area contributed by atoms with Gasteiger partial charge in [0.25, 0.3) is 5.69 Å². The predicted octanol–water partition coefficient (Wildman–Crippen LogP) is 4.02. The van der Waals surface area contributed by atoms with Gasteiger partial charge in [-0.3, -0.25) is 10.1 Å². The summed E-state index contributed by atoms with van der Waals surface area (Å²) in [5.74, 6) is -0.363. The molecule has 25 heavy (non-hydrogen) atoms. The number of nitro groups is 1. The number of nitro benzene ring substituents is 1. The van der Waals surface area contributed by atoms with Gasteiger partial charge in [0.2, 0.25) is 5.79 Å². The second-order valence-corrected chi connectivity index (χ2v) is 6.24. The molecule has 0 radical (unpaired) electrons. The van der Waals surface area contributed by atoms with E-state index in [-0.39, 0.29) is 17.9 Å². The second-order valence-electron chi connectivity index (χ2n) is 6.24. The van der Waals surface area contributed by atoms with E-state index in [0.717, 1.165) is 23.3 Å². The maximum Gasteiger partial charge on any atom is 0.269 e. The van der Waals surface area contributed by atoms with Gasteiger partial charge in [0.15, 0.2) is 0 Å². The third-order valence-corrected chi connectivity index (χ3v) is 4.33. The fourth-order valence-electron chi connectivity index (χ4n) is 3.21. The third kappa shape index (κ3) is 3.36. The maximum atomic E-state index is 10.9. The molecule has 0 bridgehead atoms. The fraction of sp³-hybridized carbons (Fsp3) is 0.368. The van der Waals surface area contributed by atoms with Crippen LogP contribution in [-0.2, 0) is 15.3 Å². The molecule has 1 heterocycles. The molecular formula is C19H21NO5. The standard InChI is InChI=1S/C19H21NO5/c1-13-12-14(2)25-19(24-13,16-6-10-18(23-3)11-7-16)15-4-8-17(9-5-15)20(21)22/h4-11,13-14H,12H2,1-3H3/t13-,14+,19?. The molecule has 0 amide bonds. The van der Waals surface area contributed by atoms with E-state index in [1.54, 1.807) is 19.2 Å². The number of benzene rings is 2. The molecule has 3 atom stereocenters. The minimum Gasteiger partial charge on any atom is -0.497 e. The lowest BCUT2D eigenvalue weighted by Crippen LogP contribution is -2.45. The lowest BCUT2D eigenvalue weighted by Gasteiger charge is -2.43. The molecule has 0 N–H and O–H groups in total. The Morgan fingerprint density at radius 3 is 1.92 bits per heavy atom. The molecule has 1 unspecified atom stereocenters. The van der Waals surface area contributed by atoms with Crippen molar-refractivity contribution in [3.63, 3.8) is 0 Å². The van der Waals surface area contributed by atoms with E-state index in [1.165, 1.54) is 12.1 Å². The number of hydrogen-bond acceptors (Lipinski definition) is 5. The number of methoxy groups -OCH3 is 1. The van der Waals surface area contributed by atoms with Crippen molar-refractivity contribution in [2.24, 2.45) is 0 Å². The summed E-state index contributed by atoms with van der Waals surface area (Å²) in [5, 5.41) is 10.9. The molecule has 2 aromatic carbocycles. The van der Waals surface area contributed by atoms with Crippen molar-refractivity contribution in [3.8, 4) is 5.75 Å². The highest BCUT2D eigenvalue weighted by Gasteiger charge is 2.43. The zero-order valence-electron chi connectivity index (χ0n) is 14.5. The molecule has 1 saturated heterocycles. The van der Waals surface area contributed by atoms with Gasteiger partial charge in [0.05, 0.1) is 24.2 Å². The van der Waals surface area contributed by atoms with Gasteiger partial charge >= 0.3 is 0 Å². The van der Waals surface area contributed by atoms with Crippen LogP contribution in [0.1, 0.15) is 31.4 Å². The van der Waals surface area contributed by atoms with Crippen LogP contribution in [-0.4, -0.2) is 24.2 Å². The molecule has 1 aliphatic heterocycles. The van der Waals surface area contributed by atoms with Crippen molar-refractivity contribution in [2.45, 2.75) is 38.3 Å². The average molecular weight is 343 g/mol. The van der Waals surface area contributed by atoms with Gasteiger partial charge in [-0.25, -0.2) is 0 Å². The van der Waals surface area contributed by atoms with Gasteiger partial charge in [-0.15, -0.1) is 0 Å². The van der Waals surface area contributed by atoms with Crippen molar-refractivity contribution < 1.29 is 19.1 Å². The molecule has 3 rings (SSSR count). The molecule has 6 nitrogen and oxygen atoms in total. The minimum atomic E-state index is -1.10. The molecule has 1 aliphatic rings. The predicted molar refractivity (Wildman–Crippen MR) is 92.6 cm³/mol. The Morgan fingerprint density at radius 2 is 1.48 bits per heavy atom. The van der Waals surface area contributed by atoms with E-state index in [9.17, 15) is 10.1 Å². The Balaban J connectivity index is 2.09. The zero-order chi connectivity index (χ0) is 18.0. The molecule has 0 aromatic heterocycles. The Labute approximate surface area is 146 Å². The first-order valence-electron chi connectivity index (χ1n) is 8.19. The van der Waals surface area contributed by atoms with Gasteiger partial charge in [0.1, 0.15) is 5.75 Å².